The minimum absolute atomic E-state index is 0.0419. The number of hydrogen-bond donors (Lipinski definition) is 2. The van der Waals surface area contributed by atoms with Crippen LogP contribution in [-0.4, -0.2) is 12.2 Å². The Balaban J connectivity index is 1.96. The molecule has 5 heteroatoms. The maximum Gasteiger partial charge on any atom is 0.391 e. The maximum absolute atomic E-state index is 12.7. The van der Waals surface area contributed by atoms with E-state index in [0.717, 1.165) is 6.42 Å². The van der Waals surface area contributed by atoms with Crippen molar-refractivity contribution in [2.45, 2.75) is 51.2 Å². The first-order valence-electron chi connectivity index (χ1n) is 7.49. The molecular formula is C16H23F3N2. The Kier molecular flexibility index (Phi) is 5.27. The van der Waals surface area contributed by atoms with Gasteiger partial charge in [0.1, 0.15) is 0 Å². The first-order chi connectivity index (χ1) is 9.91. The zero-order valence-corrected chi connectivity index (χ0v) is 12.3. The van der Waals surface area contributed by atoms with Crippen LogP contribution in [0.5, 0.6) is 0 Å². The molecule has 21 heavy (non-hydrogen) atoms. The van der Waals surface area contributed by atoms with Crippen LogP contribution in [0.15, 0.2) is 24.3 Å². The van der Waals surface area contributed by atoms with Crippen LogP contribution in [0.2, 0.25) is 0 Å². The summed E-state index contributed by atoms with van der Waals surface area (Å²) in [4.78, 5) is 0. The van der Waals surface area contributed by atoms with E-state index in [2.05, 4.69) is 11.5 Å². The predicted octanol–water partition coefficient (Wildman–Crippen LogP) is 3.74. The molecule has 0 aromatic heterocycles. The number of aryl methyl sites for hydroxylation is 1. The van der Waals surface area contributed by atoms with Crippen molar-refractivity contribution >= 4 is 0 Å². The van der Waals surface area contributed by atoms with Crippen LogP contribution in [0.25, 0.3) is 0 Å². The molecule has 0 spiro atoms. The highest BCUT2D eigenvalue weighted by atomic mass is 19.4. The van der Waals surface area contributed by atoms with Gasteiger partial charge in [0.15, 0.2) is 0 Å². The minimum atomic E-state index is -4.05. The van der Waals surface area contributed by atoms with Crippen LogP contribution in [0, 0.1) is 18.8 Å². The van der Waals surface area contributed by atoms with Gasteiger partial charge in [0.05, 0.1) is 5.92 Å². The van der Waals surface area contributed by atoms with Crippen molar-refractivity contribution in [3.63, 3.8) is 0 Å². The molecule has 1 atom stereocenters. The monoisotopic (exact) mass is 300 g/mol. The van der Waals surface area contributed by atoms with Gasteiger partial charge in [-0.05, 0) is 56.1 Å². The summed E-state index contributed by atoms with van der Waals surface area (Å²) in [5, 5.41) is 0. The lowest BCUT2D eigenvalue weighted by Gasteiger charge is -2.34. The van der Waals surface area contributed by atoms with Gasteiger partial charge in [0.25, 0.3) is 0 Å². The summed E-state index contributed by atoms with van der Waals surface area (Å²) in [6.07, 6.45) is -1.66. The second-order valence-corrected chi connectivity index (χ2v) is 6.06. The van der Waals surface area contributed by atoms with Gasteiger partial charge in [-0.15, -0.1) is 0 Å². The largest absolute Gasteiger partial charge is 0.391 e. The predicted molar refractivity (Wildman–Crippen MR) is 77.5 cm³/mol. The van der Waals surface area contributed by atoms with Crippen LogP contribution in [0.1, 0.15) is 36.8 Å². The Morgan fingerprint density at radius 3 is 2.33 bits per heavy atom. The number of hydrogen-bond acceptors (Lipinski definition) is 2. The van der Waals surface area contributed by atoms with E-state index in [1.165, 1.54) is 11.1 Å². The van der Waals surface area contributed by atoms with Gasteiger partial charge >= 0.3 is 6.18 Å². The van der Waals surface area contributed by atoms with Crippen molar-refractivity contribution in [1.82, 2.24) is 5.43 Å². The minimum Gasteiger partial charge on any atom is -0.271 e. The van der Waals surface area contributed by atoms with Crippen molar-refractivity contribution in [1.29, 1.82) is 0 Å². The summed E-state index contributed by atoms with van der Waals surface area (Å²) in [5.41, 5.74) is 5.22. The summed E-state index contributed by atoms with van der Waals surface area (Å²) in [7, 11) is 0. The van der Waals surface area contributed by atoms with E-state index >= 15 is 0 Å². The van der Waals surface area contributed by atoms with E-state index in [4.69, 9.17) is 5.84 Å². The molecule has 1 aliphatic rings. The lowest BCUT2D eigenvalue weighted by atomic mass is 9.77. The fraction of sp³-hybridized carbons (Fsp3) is 0.625. The van der Waals surface area contributed by atoms with E-state index in [-0.39, 0.29) is 24.8 Å². The second-order valence-electron chi connectivity index (χ2n) is 6.06. The van der Waals surface area contributed by atoms with Gasteiger partial charge in [-0.2, -0.15) is 13.2 Å². The summed E-state index contributed by atoms with van der Waals surface area (Å²) in [5.74, 6) is 4.73. The fourth-order valence-corrected chi connectivity index (χ4v) is 3.29. The number of nitrogens with one attached hydrogen (secondary N) is 1. The van der Waals surface area contributed by atoms with Crippen molar-refractivity contribution in [2.24, 2.45) is 17.7 Å². The Labute approximate surface area is 123 Å². The summed E-state index contributed by atoms with van der Waals surface area (Å²) >= 11 is 0. The third kappa shape index (κ3) is 4.20. The maximum atomic E-state index is 12.7. The average Bonchev–Trinajstić information content (AvgIpc) is 2.46. The van der Waals surface area contributed by atoms with Crippen molar-refractivity contribution in [2.75, 3.05) is 0 Å². The zero-order chi connectivity index (χ0) is 15.5. The van der Waals surface area contributed by atoms with Crippen LogP contribution in [0.3, 0.4) is 0 Å². The lowest BCUT2D eigenvalue weighted by molar-refractivity contribution is -0.184. The van der Waals surface area contributed by atoms with E-state index in [1.54, 1.807) is 0 Å². The van der Waals surface area contributed by atoms with Gasteiger partial charge in [-0.25, -0.2) is 0 Å². The number of alkyl halides is 3. The number of nitrogens with two attached hydrogens (primary N) is 1. The topological polar surface area (TPSA) is 38.0 Å². The van der Waals surface area contributed by atoms with Crippen LogP contribution in [-0.2, 0) is 6.42 Å². The first-order valence-corrected chi connectivity index (χ1v) is 7.49. The highest BCUT2D eigenvalue weighted by Gasteiger charge is 2.42. The molecular weight excluding hydrogens is 277 g/mol. The smallest absolute Gasteiger partial charge is 0.271 e. The standard InChI is InChI=1S/C16H23F3N2/c1-11-4-2-3-5-13(11)10-15(21-20)12-6-8-14(9-7-12)16(17,18)19/h2-5,12,14-15,21H,6-10,20H2,1H3. The fourth-order valence-electron chi connectivity index (χ4n) is 3.29. The molecule has 1 fully saturated rings. The lowest BCUT2D eigenvalue weighted by Crippen LogP contribution is -2.44. The molecule has 3 N–H and O–H groups in total. The molecule has 1 saturated carbocycles. The van der Waals surface area contributed by atoms with E-state index in [1.807, 2.05) is 25.1 Å². The molecule has 1 aliphatic carbocycles. The molecule has 1 aromatic rings. The second kappa shape index (κ2) is 6.79. The van der Waals surface area contributed by atoms with Crippen molar-refractivity contribution < 1.29 is 13.2 Å². The molecule has 0 amide bonds. The number of hydrazine groups is 1. The highest BCUT2D eigenvalue weighted by molar-refractivity contribution is 5.26. The third-order valence-electron chi connectivity index (χ3n) is 4.72. The third-order valence-corrected chi connectivity index (χ3v) is 4.72. The Morgan fingerprint density at radius 1 is 1.19 bits per heavy atom. The molecule has 2 nitrogen and oxygen atoms in total. The molecule has 118 valence electrons. The molecule has 2 rings (SSSR count). The quantitative estimate of drug-likeness (QED) is 0.656. The first kappa shape index (κ1) is 16.3. The molecule has 1 unspecified atom stereocenters. The highest BCUT2D eigenvalue weighted by Crippen LogP contribution is 2.40. The van der Waals surface area contributed by atoms with E-state index in [0.29, 0.717) is 12.8 Å². The Morgan fingerprint density at radius 2 is 1.81 bits per heavy atom. The Bertz CT molecular complexity index is 451. The van der Waals surface area contributed by atoms with Gasteiger partial charge in [-0.1, -0.05) is 24.3 Å². The van der Waals surface area contributed by atoms with E-state index < -0.39 is 12.1 Å². The van der Waals surface area contributed by atoms with Gasteiger partial charge in [0, 0.05) is 6.04 Å². The Hall–Kier alpha value is -1.07. The van der Waals surface area contributed by atoms with Gasteiger partial charge < -0.3 is 0 Å². The number of benzene rings is 1. The van der Waals surface area contributed by atoms with Gasteiger partial charge in [0.2, 0.25) is 0 Å². The summed E-state index contributed by atoms with van der Waals surface area (Å²) in [6.45, 7) is 2.05. The van der Waals surface area contributed by atoms with Crippen molar-refractivity contribution in [3.8, 4) is 0 Å². The van der Waals surface area contributed by atoms with Crippen LogP contribution < -0.4 is 11.3 Å². The van der Waals surface area contributed by atoms with Gasteiger partial charge in [-0.3, -0.25) is 11.3 Å². The molecule has 0 radical (unpaired) electrons. The molecule has 0 aliphatic heterocycles. The van der Waals surface area contributed by atoms with Crippen molar-refractivity contribution in [3.05, 3.63) is 35.4 Å². The summed E-state index contributed by atoms with van der Waals surface area (Å²) < 4.78 is 38.1. The zero-order valence-electron chi connectivity index (χ0n) is 12.3. The molecule has 0 heterocycles. The molecule has 0 bridgehead atoms. The average molecular weight is 300 g/mol. The van der Waals surface area contributed by atoms with E-state index in [9.17, 15) is 13.2 Å². The molecule has 1 aromatic carbocycles. The SMILES string of the molecule is Cc1ccccc1CC(NN)C1CCC(C(F)(F)F)CC1. The number of halogens is 3. The van der Waals surface area contributed by atoms with Crippen LogP contribution in [0.4, 0.5) is 13.2 Å². The van der Waals surface area contributed by atoms with Crippen LogP contribution >= 0.6 is 0 Å². The molecule has 0 saturated heterocycles. The number of rotatable bonds is 4. The normalized spacial score (nSPS) is 24.8. The summed E-state index contributed by atoms with van der Waals surface area (Å²) in [6, 6.07) is 8.11.